The van der Waals surface area contributed by atoms with E-state index in [0.717, 1.165) is 36.8 Å². The molecule has 1 aromatic carbocycles. The van der Waals surface area contributed by atoms with E-state index in [4.69, 9.17) is 22.2 Å². The van der Waals surface area contributed by atoms with E-state index >= 15 is 0 Å². The van der Waals surface area contributed by atoms with E-state index in [-0.39, 0.29) is 0 Å². The van der Waals surface area contributed by atoms with Gasteiger partial charge in [0.05, 0.1) is 0 Å². The van der Waals surface area contributed by atoms with Crippen molar-refractivity contribution in [3.63, 3.8) is 0 Å². The molecule has 0 aliphatic carbocycles. The molecule has 1 atom stereocenters. The zero-order chi connectivity index (χ0) is 16.4. The lowest BCUT2D eigenvalue weighted by Crippen LogP contribution is -2.19. The molecule has 0 saturated heterocycles. The number of halogens is 2. The van der Waals surface area contributed by atoms with Gasteiger partial charge in [-0.25, -0.2) is 0 Å². The second kappa shape index (κ2) is 10.7. The molecule has 0 aromatic heterocycles. The van der Waals surface area contributed by atoms with E-state index in [2.05, 4.69) is 51.1 Å². The van der Waals surface area contributed by atoms with Crippen LogP contribution in [-0.4, -0.2) is 6.69 Å². The molecule has 126 valence electrons. The van der Waals surface area contributed by atoms with Crippen LogP contribution in [0, 0.1) is 11.8 Å². The van der Waals surface area contributed by atoms with Gasteiger partial charge in [-0.2, -0.15) is 0 Å². The van der Waals surface area contributed by atoms with Gasteiger partial charge < -0.3 is 0 Å². The average Bonchev–Trinajstić information content (AvgIpc) is 2.46. The van der Waals surface area contributed by atoms with E-state index in [1.165, 1.54) is 31.2 Å². The number of hydrogen-bond acceptors (Lipinski definition) is 0. The van der Waals surface area contributed by atoms with Crippen molar-refractivity contribution in [1.82, 2.24) is 0 Å². The molecule has 0 saturated carbocycles. The van der Waals surface area contributed by atoms with Crippen LogP contribution in [0.4, 0.5) is 0 Å². The Morgan fingerprint density at radius 1 is 0.864 bits per heavy atom. The molecule has 0 aliphatic heterocycles. The van der Waals surface area contributed by atoms with Crippen LogP contribution < -0.4 is 0 Å². The first kappa shape index (κ1) is 20.1. The van der Waals surface area contributed by atoms with Crippen LogP contribution in [0.15, 0.2) is 30.3 Å². The molecule has 0 heterocycles. The number of rotatable bonds is 11. The maximum absolute atomic E-state index is 6.64. The molecular formula is C19H32Cl2Si. The lowest BCUT2D eigenvalue weighted by atomic mass is 9.98. The molecule has 22 heavy (non-hydrogen) atoms. The molecule has 0 amide bonds. The quantitative estimate of drug-likeness (QED) is 0.285. The van der Waals surface area contributed by atoms with Gasteiger partial charge >= 0.3 is 0 Å². The summed E-state index contributed by atoms with van der Waals surface area (Å²) < 4.78 is 0. The molecule has 0 fully saturated rings. The molecule has 0 bridgehead atoms. The molecule has 0 unspecified atom stereocenters. The Kier molecular flexibility index (Phi) is 9.78. The van der Waals surface area contributed by atoms with Gasteiger partial charge in [0, 0.05) is 0 Å². The summed E-state index contributed by atoms with van der Waals surface area (Å²) in [5.74, 6) is 1.58. The van der Waals surface area contributed by atoms with Crippen LogP contribution in [-0.2, 0) is 6.42 Å². The fourth-order valence-corrected chi connectivity index (χ4v) is 6.11. The summed E-state index contributed by atoms with van der Waals surface area (Å²) in [6, 6.07) is 12.7. The first-order chi connectivity index (χ1) is 10.4. The second-order valence-electron chi connectivity index (χ2n) is 7.16. The lowest BCUT2D eigenvalue weighted by Gasteiger charge is -2.19. The predicted octanol–water partition coefficient (Wildman–Crippen LogP) is 7.39. The summed E-state index contributed by atoms with van der Waals surface area (Å²) in [5, 5.41) is 0. The Morgan fingerprint density at radius 3 is 2.18 bits per heavy atom. The molecule has 3 heteroatoms. The van der Waals surface area contributed by atoms with Crippen molar-refractivity contribution in [2.75, 3.05) is 0 Å². The van der Waals surface area contributed by atoms with Crippen molar-refractivity contribution in [3.05, 3.63) is 35.9 Å². The van der Waals surface area contributed by atoms with Crippen molar-refractivity contribution in [3.8, 4) is 0 Å². The third kappa shape index (κ3) is 9.92. The van der Waals surface area contributed by atoms with E-state index in [1.807, 2.05) is 0 Å². The zero-order valence-corrected chi connectivity index (χ0v) is 17.0. The highest BCUT2D eigenvalue weighted by atomic mass is 35.7. The molecule has 1 rings (SSSR count). The minimum Gasteiger partial charge on any atom is -0.146 e. The number of aryl methyl sites for hydroxylation is 1. The Hall–Kier alpha value is 0.0169. The van der Waals surface area contributed by atoms with Gasteiger partial charge in [-0.05, 0) is 42.3 Å². The van der Waals surface area contributed by atoms with Gasteiger partial charge in [0.25, 0.3) is 6.69 Å². The van der Waals surface area contributed by atoms with Gasteiger partial charge in [0.1, 0.15) is 0 Å². The third-order valence-corrected chi connectivity index (χ3v) is 8.71. The minimum absolute atomic E-state index is 0.761. The molecular weight excluding hydrogens is 327 g/mol. The monoisotopic (exact) mass is 358 g/mol. The molecule has 0 N–H and O–H groups in total. The molecule has 0 nitrogen and oxygen atoms in total. The Labute approximate surface area is 148 Å². The van der Waals surface area contributed by atoms with Crippen LogP contribution in [0.25, 0.3) is 0 Å². The lowest BCUT2D eigenvalue weighted by molar-refractivity contribution is 0.448. The molecule has 0 aliphatic rings. The maximum atomic E-state index is 6.64. The first-order valence-corrected chi connectivity index (χ1v) is 13.2. The summed E-state index contributed by atoms with van der Waals surface area (Å²) in [7, 11) is 0. The van der Waals surface area contributed by atoms with E-state index in [9.17, 15) is 0 Å². The van der Waals surface area contributed by atoms with Gasteiger partial charge in [0.15, 0.2) is 0 Å². The summed E-state index contributed by atoms with van der Waals surface area (Å²) in [5.41, 5.74) is 1.39. The topological polar surface area (TPSA) is 0 Å². The highest BCUT2D eigenvalue weighted by molar-refractivity contribution is 7.45. The Balaban J connectivity index is 2.17. The maximum Gasteiger partial charge on any atom is 0.251 e. The van der Waals surface area contributed by atoms with Gasteiger partial charge in [0.2, 0.25) is 0 Å². The summed E-state index contributed by atoms with van der Waals surface area (Å²) >= 11 is 13.3. The first-order valence-electron chi connectivity index (χ1n) is 8.81. The summed E-state index contributed by atoms with van der Waals surface area (Å²) in [6.07, 6.45) is 7.41. The Morgan fingerprint density at radius 2 is 1.55 bits per heavy atom. The second-order valence-corrected chi connectivity index (χ2v) is 14.8. The van der Waals surface area contributed by atoms with Crippen LogP contribution in [0.5, 0.6) is 0 Å². The molecule has 1 aromatic rings. The highest BCUT2D eigenvalue weighted by Crippen LogP contribution is 2.32. The zero-order valence-electron chi connectivity index (χ0n) is 14.5. The number of hydrogen-bond donors (Lipinski definition) is 0. The van der Waals surface area contributed by atoms with Crippen LogP contribution >= 0.6 is 22.2 Å². The standard InChI is InChI=1S/C19H32Cl2Si/c1-17(2)9-7-10-18(3)14-16-22(20,21)15-8-13-19-11-5-4-6-12-19/h4-6,11-12,17-18H,7-10,13-16H2,1-3H3/t18-/m1/s1. The van der Waals surface area contributed by atoms with Gasteiger partial charge in [-0.15, -0.1) is 22.2 Å². The smallest absolute Gasteiger partial charge is 0.146 e. The summed E-state index contributed by atoms with van der Waals surface area (Å²) in [6.45, 7) is 4.91. The minimum atomic E-state index is -2.04. The predicted molar refractivity (Wildman–Crippen MR) is 104 cm³/mol. The fourth-order valence-electron chi connectivity index (χ4n) is 2.80. The van der Waals surface area contributed by atoms with Crippen molar-refractivity contribution in [2.24, 2.45) is 11.8 Å². The average molecular weight is 359 g/mol. The van der Waals surface area contributed by atoms with E-state index in [1.54, 1.807) is 0 Å². The molecule has 0 radical (unpaired) electrons. The van der Waals surface area contributed by atoms with Gasteiger partial charge in [-0.3, -0.25) is 0 Å². The third-order valence-electron chi connectivity index (χ3n) is 4.33. The summed E-state index contributed by atoms with van der Waals surface area (Å²) in [4.78, 5) is 0. The molecule has 0 spiro atoms. The van der Waals surface area contributed by atoms with Crippen molar-refractivity contribution >= 4 is 28.9 Å². The van der Waals surface area contributed by atoms with Crippen LogP contribution in [0.1, 0.15) is 58.4 Å². The highest BCUT2D eigenvalue weighted by Gasteiger charge is 2.27. The van der Waals surface area contributed by atoms with Crippen molar-refractivity contribution in [1.29, 1.82) is 0 Å². The van der Waals surface area contributed by atoms with Gasteiger partial charge in [-0.1, -0.05) is 76.8 Å². The largest absolute Gasteiger partial charge is 0.251 e. The van der Waals surface area contributed by atoms with Crippen LogP contribution in [0.2, 0.25) is 12.1 Å². The van der Waals surface area contributed by atoms with E-state index < -0.39 is 6.69 Å². The normalized spacial score (nSPS) is 13.5. The Bertz CT molecular complexity index is 390. The SMILES string of the molecule is CC(C)CCC[C@@H](C)CC[Si](Cl)(Cl)CCCc1ccccc1. The van der Waals surface area contributed by atoms with Crippen LogP contribution in [0.3, 0.4) is 0 Å². The van der Waals surface area contributed by atoms with Crippen molar-refractivity contribution < 1.29 is 0 Å². The fraction of sp³-hybridized carbons (Fsp3) is 0.684. The number of benzene rings is 1. The van der Waals surface area contributed by atoms with E-state index in [0.29, 0.717) is 0 Å². The van der Waals surface area contributed by atoms with Crippen molar-refractivity contribution in [2.45, 2.75) is 71.4 Å².